The van der Waals surface area contributed by atoms with E-state index in [2.05, 4.69) is 43.4 Å². The average molecular weight is 423 g/mol. The number of hydrogen-bond donors (Lipinski definition) is 1. The first-order valence-corrected chi connectivity index (χ1v) is 7.79. The summed E-state index contributed by atoms with van der Waals surface area (Å²) in [6, 6.07) is 13.2. The number of carbonyl (C=O) groups is 1. The van der Waals surface area contributed by atoms with Crippen molar-refractivity contribution in [2.45, 2.75) is 6.54 Å². The Labute approximate surface area is 144 Å². The zero-order valence-corrected chi connectivity index (χ0v) is 13.9. The maximum atomic E-state index is 13.3. The molecule has 0 radical (unpaired) electrons. The van der Waals surface area contributed by atoms with Gasteiger partial charge < -0.3 is 5.32 Å². The molecule has 1 amide bonds. The number of rotatable bonds is 4. The largest absolute Gasteiger partial charge is 0.345 e. The van der Waals surface area contributed by atoms with Crippen molar-refractivity contribution in [2.75, 3.05) is 0 Å². The minimum atomic E-state index is -0.383. The summed E-state index contributed by atoms with van der Waals surface area (Å²) in [5, 5.41) is 14.1. The third-order valence-corrected chi connectivity index (χ3v) is 4.05. The van der Waals surface area contributed by atoms with Gasteiger partial charge in [-0.05, 0) is 63.3 Å². The fraction of sp³-hybridized carbons (Fsp3) is 0.0667. The van der Waals surface area contributed by atoms with Crippen LogP contribution in [-0.4, -0.2) is 26.1 Å². The van der Waals surface area contributed by atoms with Crippen LogP contribution in [0.2, 0.25) is 0 Å². The number of halogens is 2. The number of nitrogens with zero attached hydrogens (tertiary/aromatic N) is 4. The van der Waals surface area contributed by atoms with Gasteiger partial charge in [-0.2, -0.15) is 4.68 Å². The molecule has 0 aliphatic heterocycles. The van der Waals surface area contributed by atoms with Gasteiger partial charge in [-0.25, -0.2) is 4.39 Å². The Morgan fingerprint density at radius 2 is 2.04 bits per heavy atom. The first kappa shape index (κ1) is 15.5. The van der Waals surface area contributed by atoms with Gasteiger partial charge in [0, 0.05) is 3.57 Å². The van der Waals surface area contributed by atoms with Crippen LogP contribution < -0.4 is 5.32 Å². The van der Waals surface area contributed by atoms with E-state index in [-0.39, 0.29) is 18.3 Å². The molecule has 116 valence electrons. The molecule has 1 N–H and O–H groups in total. The van der Waals surface area contributed by atoms with E-state index in [0.717, 1.165) is 3.57 Å². The molecule has 0 unspecified atom stereocenters. The number of nitrogens with one attached hydrogen (secondary N) is 1. The number of aromatic nitrogens is 4. The summed E-state index contributed by atoms with van der Waals surface area (Å²) in [6.07, 6.45) is 0. The molecule has 0 saturated heterocycles. The van der Waals surface area contributed by atoms with Crippen LogP contribution in [0.5, 0.6) is 0 Å². The Hall–Kier alpha value is -2.36. The molecule has 0 saturated carbocycles. The third kappa shape index (κ3) is 3.52. The van der Waals surface area contributed by atoms with Crippen molar-refractivity contribution >= 4 is 28.5 Å². The van der Waals surface area contributed by atoms with E-state index < -0.39 is 0 Å². The summed E-state index contributed by atoms with van der Waals surface area (Å²) in [5.41, 5.74) is 1.08. The molecule has 23 heavy (non-hydrogen) atoms. The Morgan fingerprint density at radius 1 is 1.22 bits per heavy atom. The highest BCUT2D eigenvalue weighted by Crippen LogP contribution is 2.12. The Balaban J connectivity index is 1.76. The highest BCUT2D eigenvalue weighted by molar-refractivity contribution is 14.1. The molecule has 6 nitrogen and oxygen atoms in total. The summed E-state index contributed by atoms with van der Waals surface area (Å²) in [5.74, 6) is -0.189. The van der Waals surface area contributed by atoms with Gasteiger partial charge in [-0.3, -0.25) is 4.79 Å². The van der Waals surface area contributed by atoms with Gasteiger partial charge in [-0.1, -0.05) is 18.2 Å². The summed E-state index contributed by atoms with van der Waals surface area (Å²) in [7, 11) is 0. The molecule has 0 spiro atoms. The van der Waals surface area contributed by atoms with Gasteiger partial charge in [-0.15, -0.1) is 5.10 Å². The molecular formula is C15H11FIN5O. The van der Waals surface area contributed by atoms with Gasteiger partial charge in [0.15, 0.2) is 5.82 Å². The van der Waals surface area contributed by atoms with Crippen molar-refractivity contribution in [3.05, 3.63) is 69.3 Å². The van der Waals surface area contributed by atoms with Gasteiger partial charge in [0.25, 0.3) is 5.91 Å². The fourth-order valence-corrected chi connectivity index (χ4v) is 2.66. The van der Waals surface area contributed by atoms with Gasteiger partial charge in [0.1, 0.15) is 5.82 Å². The molecular weight excluding hydrogens is 412 g/mol. The lowest BCUT2D eigenvalue weighted by Crippen LogP contribution is -2.25. The normalized spacial score (nSPS) is 10.5. The standard InChI is InChI=1S/C15H11FIN5O/c16-10-4-3-5-11(8-10)22-14(19-20-21-22)9-18-15(23)12-6-1-2-7-13(12)17/h1-8H,9H2,(H,18,23). The SMILES string of the molecule is O=C(NCc1nnnn1-c1cccc(F)c1)c1ccccc1I. The Morgan fingerprint density at radius 3 is 2.83 bits per heavy atom. The monoisotopic (exact) mass is 423 g/mol. The maximum Gasteiger partial charge on any atom is 0.252 e. The van der Waals surface area contributed by atoms with Crippen molar-refractivity contribution in [3.63, 3.8) is 0 Å². The van der Waals surface area contributed by atoms with Crippen molar-refractivity contribution in [1.29, 1.82) is 0 Å². The van der Waals surface area contributed by atoms with Crippen LogP contribution in [-0.2, 0) is 6.54 Å². The fourth-order valence-electron chi connectivity index (χ4n) is 2.02. The topological polar surface area (TPSA) is 72.7 Å². The maximum absolute atomic E-state index is 13.3. The lowest BCUT2D eigenvalue weighted by Gasteiger charge is -2.07. The van der Waals surface area contributed by atoms with Crippen LogP contribution in [0.15, 0.2) is 48.5 Å². The second kappa shape index (κ2) is 6.82. The summed E-state index contributed by atoms with van der Waals surface area (Å²) < 4.78 is 15.6. The van der Waals surface area contributed by atoms with Crippen molar-refractivity contribution < 1.29 is 9.18 Å². The zero-order chi connectivity index (χ0) is 16.2. The second-order valence-electron chi connectivity index (χ2n) is 4.65. The number of amides is 1. The van der Waals surface area contributed by atoms with E-state index in [9.17, 15) is 9.18 Å². The highest BCUT2D eigenvalue weighted by Gasteiger charge is 2.13. The van der Waals surface area contributed by atoms with E-state index in [4.69, 9.17) is 0 Å². The second-order valence-corrected chi connectivity index (χ2v) is 5.81. The number of hydrogen-bond acceptors (Lipinski definition) is 4. The summed E-state index contributed by atoms with van der Waals surface area (Å²) in [6.45, 7) is 0.132. The number of carbonyl (C=O) groups excluding carboxylic acids is 1. The molecule has 0 fully saturated rings. The van der Waals surface area contributed by atoms with Crippen molar-refractivity contribution in [3.8, 4) is 5.69 Å². The lowest BCUT2D eigenvalue weighted by molar-refractivity contribution is 0.0948. The summed E-state index contributed by atoms with van der Waals surface area (Å²) >= 11 is 2.10. The van der Waals surface area contributed by atoms with Crippen LogP contribution in [0, 0.1) is 9.39 Å². The van der Waals surface area contributed by atoms with Gasteiger partial charge in [0.2, 0.25) is 0 Å². The lowest BCUT2D eigenvalue weighted by atomic mass is 10.2. The molecule has 1 heterocycles. The van der Waals surface area contributed by atoms with Crippen LogP contribution >= 0.6 is 22.6 Å². The highest BCUT2D eigenvalue weighted by atomic mass is 127. The molecule has 0 aliphatic rings. The first-order valence-electron chi connectivity index (χ1n) is 6.71. The van der Waals surface area contributed by atoms with Crippen molar-refractivity contribution in [2.24, 2.45) is 0 Å². The molecule has 0 atom stereocenters. The smallest absolute Gasteiger partial charge is 0.252 e. The molecule has 3 rings (SSSR count). The van der Waals surface area contributed by atoms with Crippen LogP contribution in [0.1, 0.15) is 16.2 Å². The van der Waals surface area contributed by atoms with E-state index in [1.807, 2.05) is 12.1 Å². The molecule has 3 aromatic rings. The van der Waals surface area contributed by atoms with Gasteiger partial charge >= 0.3 is 0 Å². The van der Waals surface area contributed by atoms with E-state index in [0.29, 0.717) is 17.1 Å². The van der Waals surface area contributed by atoms with Crippen LogP contribution in [0.3, 0.4) is 0 Å². The predicted molar refractivity (Wildman–Crippen MR) is 89.4 cm³/mol. The Bertz CT molecular complexity index is 851. The minimum Gasteiger partial charge on any atom is -0.345 e. The van der Waals surface area contributed by atoms with E-state index in [1.54, 1.807) is 24.3 Å². The zero-order valence-electron chi connectivity index (χ0n) is 11.8. The van der Waals surface area contributed by atoms with Crippen LogP contribution in [0.4, 0.5) is 4.39 Å². The van der Waals surface area contributed by atoms with E-state index in [1.165, 1.54) is 16.8 Å². The van der Waals surface area contributed by atoms with Crippen LogP contribution in [0.25, 0.3) is 5.69 Å². The average Bonchev–Trinajstić information content (AvgIpc) is 3.01. The van der Waals surface area contributed by atoms with Gasteiger partial charge in [0.05, 0.1) is 17.8 Å². The minimum absolute atomic E-state index is 0.132. The Kier molecular flexibility index (Phi) is 4.60. The quantitative estimate of drug-likeness (QED) is 0.655. The first-order chi connectivity index (χ1) is 11.1. The molecule has 2 aromatic carbocycles. The number of benzene rings is 2. The predicted octanol–water partition coefficient (Wildman–Crippen LogP) is 2.34. The molecule has 0 aliphatic carbocycles. The third-order valence-electron chi connectivity index (χ3n) is 3.11. The molecule has 0 bridgehead atoms. The number of tetrazole rings is 1. The molecule has 8 heteroatoms. The summed E-state index contributed by atoms with van der Waals surface area (Å²) in [4.78, 5) is 12.2. The van der Waals surface area contributed by atoms with Crippen molar-refractivity contribution in [1.82, 2.24) is 25.5 Å². The molecule has 1 aromatic heterocycles. The van der Waals surface area contributed by atoms with E-state index >= 15 is 0 Å².